The molecule has 2 nitrogen and oxygen atoms in total. The number of hydrogen-bond acceptors (Lipinski definition) is 3. The Bertz CT molecular complexity index is 319. The molecule has 0 fully saturated rings. The van der Waals surface area contributed by atoms with E-state index in [1.54, 1.807) is 11.3 Å². The van der Waals surface area contributed by atoms with Crippen LogP contribution in [-0.2, 0) is 0 Å². The number of nitrogens with one attached hydrogen (secondary N) is 1. The van der Waals surface area contributed by atoms with Crippen molar-refractivity contribution in [1.29, 1.82) is 0 Å². The fourth-order valence-electron chi connectivity index (χ4n) is 1.53. The predicted octanol–water partition coefficient (Wildman–Crippen LogP) is 3.50. The molecule has 16 heavy (non-hydrogen) atoms. The van der Waals surface area contributed by atoms with Gasteiger partial charge in [-0.25, -0.2) is 4.98 Å². The van der Waals surface area contributed by atoms with Gasteiger partial charge in [0.2, 0.25) is 0 Å². The van der Waals surface area contributed by atoms with Crippen molar-refractivity contribution in [3.63, 3.8) is 0 Å². The van der Waals surface area contributed by atoms with Gasteiger partial charge >= 0.3 is 0 Å². The first-order chi connectivity index (χ1) is 7.63. The van der Waals surface area contributed by atoms with Gasteiger partial charge in [-0.2, -0.15) is 0 Å². The van der Waals surface area contributed by atoms with E-state index < -0.39 is 0 Å². The lowest BCUT2D eigenvalue weighted by Crippen LogP contribution is -2.29. The van der Waals surface area contributed by atoms with Gasteiger partial charge in [-0.05, 0) is 26.7 Å². The largest absolute Gasteiger partial charge is 0.314 e. The topological polar surface area (TPSA) is 24.9 Å². The molecule has 0 aliphatic carbocycles. The Hall–Kier alpha value is -0.670. The van der Waals surface area contributed by atoms with E-state index in [1.165, 1.54) is 5.01 Å². The zero-order valence-corrected chi connectivity index (χ0v) is 11.3. The lowest BCUT2D eigenvalue weighted by Gasteiger charge is -2.15. The zero-order chi connectivity index (χ0) is 12.0. The lowest BCUT2D eigenvalue weighted by atomic mass is 10.1. The Morgan fingerprint density at radius 2 is 2.31 bits per heavy atom. The van der Waals surface area contributed by atoms with Crippen LogP contribution in [0.2, 0.25) is 0 Å². The zero-order valence-electron chi connectivity index (χ0n) is 10.5. The van der Waals surface area contributed by atoms with E-state index in [-0.39, 0.29) is 0 Å². The summed E-state index contributed by atoms with van der Waals surface area (Å²) in [5.74, 6) is 0.505. The molecule has 0 bridgehead atoms. The van der Waals surface area contributed by atoms with Gasteiger partial charge in [0.15, 0.2) is 0 Å². The highest BCUT2D eigenvalue weighted by Crippen LogP contribution is 2.19. The van der Waals surface area contributed by atoms with E-state index in [4.69, 9.17) is 0 Å². The van der Waals surface area contributed by atoms with Crippen LogP contribution in [0.3, 0.4) is 0 Å². The Morgan fingerprint density at radius 3 is 2.88 bits per heavy atom. The molecule has 1 heterocycles. The van der Waals surface area contributed by atoms with Crippen LogP contribution in [0.15, 0.2) is 18.0 Å². The Kier molecular flexibility index (Phi) is 5.71. The third-order valence-electron chi connectivity index (χ3n) is 2.63. The van der Waals surface area contributed by atoms with Gasteiger partial charge in [0, 0.05) is 29.6 Å². The van der Waals surface area contributed by atoms with E-state index in [0.717, 1.165) is 25.1 Å². The summed E-state index contributed by atoms with van der Waals surface area (Å²) in [4.78, 5) is 4.51. The molecule has 1 N–H and O–H groups in total. The number of hydrogen-bond donors (Lipinski definition) is 1. The van der Waals surface area contributed by atoms with Gasteiger partial charge in [-0.15, -0.1) is 17.9 Å². The minimum absolute atomic E-state index is 0.505. The van der Waals surface area contributed by atoms with Gasteiger partial charge in [-0.1, -0.05) is 13.0 Å². The molecule has 1 aromatic heterocycles. The molecule has 0 saturated carbocycles. The van der Waals surface area contributed by atoms with Gasteiger partial charge in [0.1, 0.15) is 0 Å². The predicted molar refractivity (Wildman–Crippen MR) is 72.2 cm³/mol. The molecule has 2 unspecified atom stereocenters. The molecule has 0 aliphatic rings. The normalized spacial score (nSPS) is 14.7. The average Bonchev–Trinajstić information content (AvgIpc) is 2.69. The second-order valence-corrected chi connectivity index (χ2v) is 5.29. The fraction of sp³-hybridized carbons (Fsp3) is 0.615. The third-order valence-corrected chi connectivity index (χ3v) is 3.83. The first kappa shape index (κ1) is 13.4. The van der Waals surface area contributed by atoms with Crippen LogP contribution in [0.1, 0.15) is 43.3 Å². The van der Waals surface area contributed by atoms with Crippen molar-refractivity contribution in [3.05, 3.63) is 28.7 Å². The van der Waals surface area contributed by atoms with Crippen molar-refractivity contribution in [2.75, 3.05) is 6.54 Å². The molecule has 3 heteroatoms. The van der Waals surface area contributed by atoms with Crippen LogP contribution in [-0.4, -0.2) is 17.6 Å². The van der Waals surface area contributed by atoms with Crippen molar-refractivity contribution < 1.29 is 0 Å². The van der Waals surface area contributed by atoms with Crippen LogP contribution in [0.4, 0.5) is 0 Å². The smallest absolute Gasteiger partial charge is 0.0969 e. The molecule has 2 atom stereocenters. The van der Waals surface area contributed by atoms with Crippen LogP contribution in [0, 0.1) is 6.92 Å². The summed E-state index contributed by atoms with van der Waals surface area (Å²) in [5.41, 5.74) is 1.13. The summed E-state index contributed by atoms with van der Waals surface area (Å²) in [6.45, 7) is 11.2. The summed E-state index contributed by atoms with van der Waals surface area (Å²) in [5, 5.41) is 6.90. The van der Waals surface area contributed by atoms with Crippen molar-refractivity contribution in [2.45, 2.75) is 45.6 Å². The van der Waals surface area contributed by atoms with Crippen molar-refractivity contribution in [1.82, 2.24) is 10.3 Å². The summed E-state index contributed by atoms with van der Waals surface area (Å²) < 4.78 is 0. The molecule has 0 amide bonds. The summed E-state index contributed by atoms with van der Waals surface area (Å²) in [7, 11) is 0. The Morgan fingerprint density at radius 1 is 1.56 bits per heavy atom. The van der Waals surface area contributed by atoms with E-state index in [2.05, 4.69) is 36.1 Å². The number of aryl methyl sites for hydroxylation is 1. The maximum atomic E-state index is 4.51. The quantitative estimate of drug-likeness (QED) is 0.735. The number of thiazole rings is 1. The molecular formula is C13H22N2S. The number of allylic oxidation sites excluding steroid dienone is 1. The van der Waals surface area contributed by atoms with E-state index in [1.807, 2.05) is 13.0 Å². The molecule has 0 spiro atoms. The van der Waals surface area contributed by atoms with Crippen LogP contribution >= 0.6 is 11.3 Å². The van der Waals surface area contributed by atoms with Gasteiger partial charge in [-0.3, -0.25) is 0 Å². The Balaban J connectivity index is 2.29. The van der Waals surface area contributed by atoms with Crippen LogP contribution in [0.25, 0.3) is 0 Å². The van der Waals surface area contributed by atoms with Crippen LogP contribution < -0.4 is 5.32 Å². The van der Waals surface area contributed by atoms with Crippen molar-refractivity contribution in [2.24, 2.45) is 0 Å². The van der Waals surface area contributed by atoms with Gasteiger partial charge in [0.25, 0.3) is 0 Å². The first-order valence-corrected chi connectivity index (χ1v) is 6.77. The van der Waals surface area contributed by atoms with Crippen molar-refractivity contribution in [3.8, 4) is 0 Å². The highest BCUT2D eigenvalue weighted by molar-refractivity contribution is 7.09. The second-order valence-electron chi connectivity index (χ2n) is 4.40. The molecule has 1 aromatic rings. The molecule has 0 saturated heterocycles. The minimum Gasteiger partial charge on any atom is -0.314 e. The van der Waals surface area contributed by atoms with Gasteiger partial charge < -0.3 is 5.32 Å². The number of rotatable bonds is 7. The first-order valence-electron chi connectivity index (χ1n) is 5.89. The third kappa shape index (κ3) is 4.45. The van der Waals surface area contributed by atoms with E-state index in [0.29, 0.717) is 12.0 Å². The Labute approximate surface area is 103 Å². The van der Waals surface area contributed by atoms with Crippen LogP contribution in [0.5, 0.6) is 0 Å². The minimum atomic E-state index is 0.505. The molecule has 0 aliphatic heterocycles. The number of aromatic nitrogens is 1. The standard InChI is InChI=1S/C13H22N2S/c1-5-6-7-11(3)14-8-10(2)13-15-12(4)9-16-13/h5,9-11,14H,1,6-8H2,2-4H3. The summed E-state index contributed by atoms with van der Waals surface area (Å²) in [6.07, 6.45) is 4.22. The maximum Gasteiger partial charge on any atom is 0.0969 e. The monoisotopic (exact) mass is 238 g/mol. The molecule has 0 radical (unpaired) electrons. The van der Waals surface area contributed by atoms with Crippen molar-refractivity contribution >= 4 is 11.3 Å². The molecule has 0 aromatic carbocycles. The molecule has 90 valence electrons. The summed E-state index contributed by atoms with van der Waals surface area (Å²) in [6, 6.07) is 0.557. The summed E-state index contributed by atoms with van der Waals surface area (Å²) >= 11 is 1.76. The maximum absolute atomic E-state index is 4.51. The highest BCUT2D eigenvalue weighted by atomic mass is 32.1. The lowest BCUT2D eigenvalue weighted by molar-refractivity contribution is 0.495. The van der Waals surface area contributed by atoms with E-state index >= 15 is 0 Å². The molecular weight excluding hydrogens is 216 g/mol. The van der Waals surface area contributed by atoms with Gasteiger partial charge in [0.05, 0.1) is 5.01 Å². The molecule has 1 rings (SSSR count). The second kappa shape index (κ2) is 6.81. The average molecular weight is 238 g/mol. The van der Waals surface area contributed by atoms with E-state index in [9.17, 15) is 0 Å². The fourth-order valence-corrected chi connectivity index (χ4v) is 2.39. The SMILES string of the molecule is C=CCCC(C)NCC(C)c1nc(C)cs1. The highest BCUT2D eigenvalue weighted by Gasteiger charge is 2.10. The number of nitrogens with zero attached hydrogens (tertiary/aromatic N) is 1.